The molecule has 0 bridgehead atoms. The Labute approximate surface area is 480 Å². The SMILES string of the molecule is CC(=O)CSC1CC(=O)N(CCOc2ccc3c(c2)c(C(=O)OCCOCCOCC(=O)NC[C@H]2O[C@H]4OCCN(C(C)=O)[C@H]4[C@@H](O)[C@H]2O)cn3CC(=O)OCCOCCOCC(=O)NC[C@H]2O[C@H]3OCCN(C(C)=O)[C@H]3[C@@H](O)[C@H]2O)C1=O. The van der Waals surface area contributed by atoms with E-state index in [9.17, 15) is 63.6 Å². The normalized spacial score (nSPS) is 26.1. The van der Waals surface area contributed by atoms with Crippen LogP contribution in [0.1, 0.15) is 37.6 Å². The van der Waals surface area contributed by atoms with Gasteiger partial charge in [0.1, 0.15) is 99.8 Å². The van der Waals surface area contributed by atoms with Crippen molar-refractivity contribution in [3.63, 3.8) is 0 Å². The number of ketones is 1. The molecule has 6 amide bonds. The van der Waals surface area contributed by atoms with E-state index >= 15 is 0 Å². The molecule has 83 heavy (non-hydrogen) atoms. The highest BCUT2D eigenvalue weighted by atomic mass is 32.2. The van der Waals surface area contributed by atoms with Gasteiger partial charge < -0.3 is 97.5 Å². The lowest BCUT2D eigenvalue weighted by Gasteiger charge is -2.49. The molecule has 0 saturated carbocycles. The fourth-order valence-electron chi connectivity index (χ4n) is 9.80. The van der Waals surface area contributed by atoms with Crippen molar-refractivity contribution >= 4 is 75.8 Å². The number of nitrogens with one attached hydrogen (secondary N) is 2. The molecule has 5 fully saturated rings. The number of Topliss-reactive ketones (excluding diaryl/α,β-unsaturated/α-hetero) is 1. The van der Waals surface area contributed by atoms with Gasteiger partial charge in [-0.3, -0.25) is 43.3 Å². The smallest absolute Gasteiger partial charge is 0.340 e. The zero-order valence-electron chi connectivity index (χ0n) is 46.2. The van der Waals surface area contributed by atoms with E-state index in [1.165, 1.54) is 41.3 Å². The van der Waals surface area contributed by atoms with Crippen LogP contribution >= 0.6 is 11.8 Å². The third kappa shape index (κ3) is 17.6. The Morgan fingerprint density at radius 3 is 1.75 bits per heavy atom. The van der Waals surface area contributed by atoms with E-state index in [0.717, 1.165) is 16.7 Å². The van der Waals surface area contributed by atoms with Gasteiger partial charge in [-0.05, 0) is 25.1 Å². The molecule has 11 atom stereocenters. The molecule has 1 aromatic heterocycles. The number of thioether (sulfide) groups is 1. The van der Waals surface area contributed by atoms with Gasteiger partial charge in [0.05, 0.1) is 76.0 Å². The monoisotopic (exact) mass is 1200 g/mol. The molecule has 5 aliphatic heterocycles. The Morgan fingerprint density at radius 2 is 1.20 bits per heavy atom. The number of esters is 2. The van der Waals surface area contributed by atoms with Gasteiger partial charge >= 0.3 is 11.9 Å². The number of hydrogen-bond acceptors (Lipinski definition) is 25. The minimum absolute atomic E-state index is 0.000812. The van der Waals surface area contributed by atoms with Gasteiger partial charge in [0.25, 0.3) is 0 Å². The average molecular weight is 1200 g/mol. The molecule has 31 heteroatoms. The third-order valence-electron chi connectivity index (χ3n) is 13.9. The number of morpholine rings is 2. The van der Waals surface area contributed by atoms with E-state index in [2.05, 4.69) is 10.6 Å². The molecule has 5 aliphatic rings. The number of amides is 6. The van der Waals surface area contributed by atoms with E-state index in [-0.39, 0.29) is 172 Å². The molecular formula is C52H72N6O24S. The molecular weight excluding hydrogens is 1120 g/mol. The summed E-state index contributed by atoms with van der Waals surface area (Å²) >= 11 is 1.11. The van der Waals surface area contributed by atoms with Crippen molar-refractivity contribution in [2.24, 2.45) is 0 Å². The lowest BCUT2D eigenvalue weighted by atomic mass is 9.94. The quantitative estimate of drug-likeness (QED) is 0.0246. The predicted molar refractivity (Wildman–Crippen MR) is 282 cm³/mol. The van der Waals surface area contributed by atoms with Crippen molar-refractivity contribution < 1.29 is 116 Å². The molecule has 30 nitrogen and oxygen atoms in total. The molecule has 1 aromatic carbocycles. The summed E-state index contributed by atoms with van der Waals surface area (Å²) in [6.45, 7) is 2.94. The summed E-state index contributed by atoms with van der Waals surface area (Å²) in [5.41, 5.74) is 0.477. The van der Waals surface area contributed by atoms with Gasteiger partial charge in [-0.1, -0.05) is 0 Å². The molecule has 0 radical (unpaired) electrons. The molecule has 5 saturated heterocycles. The standard InChI is InChI=1S/C52H72N6O24S/c1-29(59)28-83-38-21-41(64)58(49(38)70)8-9-76-32-4-5-35-33(20-32)34(50(71)78-19-17-73-13-15-75-27-40(63)54-23-37-46(67)48(69)44-52(82-37)80-11-7-57(44)31(3)61)24-55(35)25-42(65)77-18-16-72-12-14-74-26-39(62)53-22-36-45(66)47(68)43-51(81-36)79-10-6-56(43)30(2)60/h4-5,20,24,36-38,43-48,51-52,66-69H,6-19,21-23,25-28H2,1-3H3,(H,53,62)(H,54,63)/t36-,37-,38?,43+,44+,45+,46+,47-,48-,51-,52-/m1/s1. The van der Waals surface area contributed by atoms with Crippen LogP contribution in [0.3, 0.4) is 0 Å². The fraction of sp³-hybridized carbons (Fsp3) is 0.673. The fourth-order valence-corrected chi connectivity index (χ4v) is 10.8. The van der Waals surface area contributed by atoms with Gasteiger partial charge in [-0.2, -0.15) is 0 Å². The van der Waals surface area contributed by atoms with Crippen LogP contribution in [-0.2, 0) is 92.3 Å². The number of aromatic nitrogens is 1. The summed E-state index contributed by atoms with van der Waals surface area (Å²) in [5.74, 6) is -3.69. The van der Waals surface area contributed by atoms with Gasteiger partial charge in [0, 0.05) is 63.5 Å². The van der Waals surface area contributed by atoms with Crippen LogP contribution < -0.4 is 15.4 Å². The zero-order chi connectivity index (χ0) is 59.7. The first-order chi connectivity index (χ1) is 39.8. The maximum Gasteiger partial charge on any atom is 0.340 e. The average Bonchev–Trinajstić information content (AvgIpc) is 4.13. The summed E-state index contributed by atoms with van der Waals surface area (Å²) in [6, 6.07) is 2.94. The molecule has 1 unspecified atom stereocenters. The molecule has 0 aliphatic carbocycles. The van der Waals surface area contributed by atoms with Crippen molar-refractivity contribution in [1.82, 2.24) is 29.9 Å². The first kappa shape index (κ1) is 64.6. The summed E-state index contributed by atoms with van der Waals surface area (Å²) < 4.78 is 62.6. The van der Waals surface area contributed by atoms with Gasteiger partial charge in [0.2, 0.25) is 35.4 Å². The number of carbonyl (C=O) groups is 9. The minimum atomic E-state index is -1.41. The molecule has 7 rings (SSSR count). The molecule has 460 valence electrons. The largest absolute Gasteiger partial charge is 0.492 e. The van der Waals surface area contributed by atoms with E-state index in [1.54, 1.807) is 18.2 Å². The van der Waals surface area contributed by atoms with Crippen LogP contribution in [0.25, 0.3) is 10.9 Å². The Morgan fingerprint density at radius 1 is 0.675 bits per heavy atom. The van der Waals surface area contributed by atoms with E-state index in [0.29, 0.717) is 10.9 Å². The number of aliphatic hydroxyl groups is 4. The maximum absolute atomic E-state index is 13.6. The molecule has 0 spiro atoms. The number of fused-ring (bicyclic) bond motifs is 3. The first-order valence-electron chi connectivity index (χ1n) is 27.0. The van der Waals surface area contributed by atoms with Crippen LogP contribution in [0, 0.1) is 0 Å². The first-order valence-corrected chi connectivity index (χ1v) is 28.1. The highest BCUT2D eigenvalue weighted by Gasteiger charge is 2.51. The third-order valence-corrected chi connectivity index (χ3v) is 15.2. The van der Waals surface area contributed by atoms with Gasteiger partial charge in [-0.25, -0.2) is 4.79 Å². The topological polar surface area (TPSA) is 375 Å². The molecule has 6 N–H and O–H groups in total. The number of carbonyl (C=O) groups excluding carboxylic acids is 9. The lowest BCUT2D eigenvalue weighted by Crippen LogP contribution is -2.68. The van der Waals surface area contributed by atoms with Gasteiger partial charge in [-0.15, -0.1) is 11.8 Å². The van der Waals surface area contributed by atoms with Crippen LogP contribution in [0.5, 0.6) is 5.75 Å². The van der Waals surface area contributed by atoms with Crippen LogP contribution in [0.2, 0.25) is 0 Å². The number of rotatable bonds is 30. The van der Waals surface area contributed by atoms with Crippen LogP contribution in [0.15, 0.2) is 24.4 Å². The van der Waals surface area contributed by atoms with Gasteiger partial charge in [0.15, 0.2) is 12.6 Å². The Bertz CT molecular complexity index is 2610. The van der Waals surface area contributed by atoms with E-state index in [4.69, 9.17) is 52.1 Å². The van der Waals surface area contributed by atoms with Crippen molar-refractivity contribution in [1.29, 1.82) is 0 Å². The summed E-state index contributed by atoms with van der Waals surface area (Å²) in [4.78, 5) is 116. The van der Waals surface area contributed by atoms with Crippen molar-refractivity contribution in [2.45, 2.75) is 100 Å². The van der Waals surface area contributed by atoms with Crippen molar-refractivity contribution in [2.75, 3.05) is 124 Å². The number of imide groups is 1. The van der Waals surface area contributed by atoms with Crippen molar-refractivity contribution in [3.05, 3.63) is 30.0 Å². The van der Waals surface area contributed by atoms with Crippen LogP contribution in [0.4, 0.5) is 0 Å². The van der Waals surface area contributed by atoms with Crippen LogP contribution in [-0.4, -0.2) is 284 Å². The number of ether oxygens (including phenoxy) is 11. The number of benzene rings is 1. The Balaban J connectivity index is 0.817. The number of hydrogen-bond donors (Lipinski definition) is 6. The second-order valence-electron chi connectivity index (χ2n) is 19.8. The minimum Gasteiger partial charge on any atom is -0.492 e. The molecule has 2 aromatic rings. The number of likely N-dealkylation sites (tertiary alicyclic amines) is 1. The maximum atomic E-state index is 13.6. The Kier molecular flexibility index (Phi) is 24.3. The predicted octanol–water partition coefficient (Wildman–Crippen LogP) is -4.14. The summed E-state index contributed by atoms with van der Waals surface area (Å²) in [7, 11) is 0. The number of nitrogens with zero attached hydrogens (tertiary/aromatic N) is 4. The van der Waals surface area contributed by atoms with Crippen molar-refractivity contribution in [3.8, 4) is 5.75 Å². The lowest BCUT2D eigenvalue weighted by molar-refractivity contribution is -0.296. The van der Waals surface area contributed by atoms with E-state index < -0.39 is 96.2 Å². The zero-order valence-corrected chi connectivity index (χ0v) is 47.0. The highest BCUT2D eigenvalue weighted by molar-refractivity contribution is 8.01. The highest BCUT2D eigenvalue weighted by Crippen LogP contribution is 2.32. The van der Waals surface area contributed by atoms with E-state index in [1.807, 2.05) is 0 Å². The Hall–Kier alpha value is -5.94. The summed E-state index contributed by atoms with van der Waals surface area (Å²) in [5, 5.41) is 47.5. The molecule has 6 heterocycles. The summed E-state index contributed by atoms with van der Waals surface area (Å²) in [6.07, 6.45) is -8.17. The second kappa shape index (κ2) is 31.3. The number of aliphatic hydroxyl groups excluding tert-OH is 4. The second-order valence-corrected chi connectivity index (χ2v) is 21.0.